The van der Waals surface area contributed by atoms with Crippen molar-refractivity contribution in [3.05, 3.63) is 12.2 Å². The van der Waals surface area contributed by atoms with Crippen molar-refractivity contribution in [3.63, 3.8) is 0 Å². The van der Waals surface area contributed by atoms with Crippen LogP contribution in [0.15, 0.2) is 12.2 Å². The molecule has 0 aromatic heterocycles. The molecule has 1 aliphatic rings. The first-order valence-electron chi connectivity index (χ1n) is 9.74. The van der Waals surface area contributed by atoms with Crippen LogP contribution < -0.4 is 0 Å². The van der Waals surface area contributed by atoms with Gasteiger partial charge in [0.15, 0.2) is 0 Å². The third-order valence-corrected chi connectivity index (χ3v) is 4.84. The molecule has 0 saturated heterocycles. The molecular weight excluding hydrogens is 254 g/mol. The molecule has 1 nitrogen and oxygen atoms in total. The highest BCUT2D eigenvalue weighted by Gasteiger charge is 2.14. The average molecular weight is 294 g/mol. The summed E-state index contributed by atoms with van der Waals surface area (Å²) in [5, 5.41) is 0. The van der Waals surface area contributed by atoms with E-state index in [2.05, 4.69) is 30.9 Å². The smallest absolute Gasteiger partial charge is 0.0167 e. The molecule has 0 aromatic rings. The summed E-state index contributed by atoms with van der Waals surface area (Å²) in [6.45, 7) is 8.35. The quantitative estimate of drug-likeness (QED) is 0.272. The van der Waals surface area contributed by atoms with Gasteiger partial charge in [0.1, 0.15) is 0 Å². The zero-order valence-electron chi connectivity index (χ0n) is 14.8. The first-order chi connectivity index (χ1) is 10.4. The van der Waals surface area contributed by atoms with Gasteiger partial charge in [-0.1, -0.05) is 90.2 Å². The van der Waals surface area contributed by atoms with E-state index in [1.807, 2.05) is 0 Å². The van der Waals surface area contributed by atoms with Crippen molar-refractivity contribution in [2.75, 3.05) is 19.6 Å². The second-order valence-electron chi connectivity index (χ2n) is 6.96. The van der Waals surface area contributed by atoms with Crippen molar-refractivity contribution >= 4 is 0 Å². The molecule has 0 saturated carbocycles. The maximum Gasteiger partial charge on any atom is 0.0167 e. The fourth-order valence-electron chi connectivity index (χ4n) is 3.44. The van der Waals surface area contributed by atoms with Gasteiger partial charge in [-0.3, -0.25) is 4.90 Å². The molecule has 0 N–H and O–H groups in total. The van der Waals surface area contributed by atoms with Crippen molar-refractivity contribution in [3.8, 4) is 0 Å². The summed E-state index contributed by atoms with van der Waals surface area (Å²) >= 11 is 0. The van der Waals surface area contributed by atoms with Gasteiger partial charge in [0.2, 0.25) is 0 Å². The third kappa shape index (κ3) is 10.1. The van der Waals surface area contributed by atoms with Gasteiger partial charge in [0.25, 0.3) is 0 Å². The van der Waals surface area contributed by atoms with Crippen LogP contribution in [-0.2, 0) is 0 Å². The molecule has 0 radical (unpaired) electrons. The molecule has 0 amide bonds. The zero-order valence-corrected chi connectivity index (χ0v) is 14.8. The van der Waals surface area contributed by atoms with Crippen LogP contribution in [0.25, 0.3) is 0 Å². The van der Waals surface area contributed by atoms with E-state index >= 15 is 0 Å². The minimum atomic E-state index is 0.952. The number of rotatable bonds is 14. The van der Waals surface area contributed by atoms with E-state index in [4.69, 9.17) is 0 Å². The van der Waals surface area contributed by atoms with Gasteiger partial charge >= 0.3 is 0 Å². The summed E-state index contributed by atoms with van der Waals surface area (Å²) in [5.74, 6) is 0.952. The highest BCUT2D eigenvalue weighted by atomic mass is 15.1. The van der Waals surface area contributed by atoms with Gasteiger partial charge in [-0.2, -0.15) is 0 Å². The molecule has 1 heteroatoms. The summed E-state index contributed by atoms with van der Waals surface area (Å²) in [4.78, 5) is 2.63. The fourth-order valence-corrected chi connectivity index (χ4v) is 3.44. The van der Waals surface area contributed by atoms with E-state index in [1.54, 1.807) is 0 Å². The highest BCUT2D eigenvalue weighted by molar-refractivity contribution is 4.95. The molecular formula is C20H39N. The molecule has 1 heterocycles. The monoisotopic (exact) mass is 293 g/mol. The van der Waals surface area contributed by atoms with Crippen molar-refractivity contribution in [1.82, 2.24) is 4.90 Å². The molecule has 1 unspecified atom stereocenters. The highest BCUT2D eigenvalue weighted by Crippen LogP contribution is 2.20. The fraction of sp³-hybridized carbons (Fsp3) is 0.900. The minimum Gasteiger partial charge on any atom is -0.296 e. The van der Waals surface area contributed by atoms with Gasteiger partial charge in [-0.15, -0.1) is 0 Å². The summed E-state index contributed by atoms with van der Waals surface area (Å²) in [7, 11) is 0. The van der Waals surface area contributed by atoms with Crippen molar-refractivity contribution in [2.45, 2.75) is 90.9 Å². The third-order valence-electron chi connectivity index (χ3n) is 4.84. The Morgan fingerprint density at radius 2 is 1.19 bits per heavy atom. The number of hydrogen-bond acceptors (Lipinski definition) is 1. The second kappa shape index (κ2) is 13.4. The van der Waals surface area contributed by atoms with E-state index in [-0.39, 0.29) is 0 Å². The molecule has 0 fully saturated rings. The van der Waals surface area contributed by atoms with Gasteiger partial charge in [-0.05, 0) is 18.8 Å². The SMILES string of the molecule is CCCCCCCCC(CCCCCC)CN1CC=CC1. The van der Waals surface area contributed by atoms with Gasteiger partial charge in [0, 0.05) is 19.6 Å². The summed E-state index contributed by atoms with van der Waals surface area (Å²) < 4.78 is 0. The number of nitrogens with zero attached hydrogens (tertiary/aromatic N) is 1. The summed E-state index contributed by atoms with van der Waals surface area (Å²) in [6.07, 6.45) is 21.9. The molecule has 124 valence electrons. The molecule has 21 heavy (non-hydrogen) atoms. The van der Waals surface area contributed by atoms with Crippen molar-refractivity contribution in [1.29, 1.82) is 0 Å². The van der Waals surface area contributed by atoms with Gasteiger partial charge in [0.05, 0.1) is 0 Å². The average Bonchev–Trinajstić information content (AvgIpc) is 2.99. The lowest BCUT2D eigenvalue weighted by Gasteiger charge is -2.23. The van der Waals surface area contributed by atoms with E-state index in [9.17, 15) is 0 Å². The van der Waals surface area contributed by atoms with E-state index < -0.39 is 0 Å². The Balaban J connectivity index is 2.13. The van der Waals surface area contributed by atoms with Crippen LogP contribution in [0.2, 0.25) is 0 Å². The van der Waals surface area contributed by atoms with Crippen LogP contribution >= 0.6 is 0 Å². The zero-order chi connectivity index (χ0) is 15.2. The molecule has 0 aromatic carbocycles. The standard InChI is InChI=1S/C20H39N/c1-3-5-7-9-10-12-16-20(15-11-8-6-4-2)19-21-17-13-14-18-21/h13-14,20H,3-12,15-19H2,1-2H3. The lowest BCUT2D eigenvalue weighted by atomic mass is 9.93. The lowest BCUT2D eigenvalue weighted by Crippen LogP contribution is -2.27. The van der Waals surface area contributed by atoms with Crippen LogP contribution in [0.5, 0.6) is 0 Å². The molecule has 1 aliphatic heterocycles. The molecule has 0 aliphatic carbocycles. The number of unbranched alkanes of at least 4 members (excludes halogenated alkanes) is 8. The predicted molar refractivity (Wildman–Crippen MR) is 95.8 cm³/mol. The molecule has 1 rings (SSSR count). The second-order valence-corrected chi connectivity index (χ2v) is 6.96. The van der Waals surface area contributed by atoms with E-state index in [1.165, 1.54) is 96.7 Å². The molecule has 0 bridgehead atoms. The topological polar surface area (TPSA) is 3.24 Å². The van der Waals surface area contributed by atoms with Crippen molar-refractivity contribution < 1.29 is 0 Å². The normalized spacial score (nSPS) is 16.7. The van der Waals surface area contributed by atoms with Crippen molar-refractivity contribution in [2.24, 2.45) is 5.92 Å². The molecule has 0 spiro atoms. The first-order valence-corrected chi connectivity index (χ1v) is 9.74. The minimum absolute atomic E-state index is 0.952. The van der Waals surface area contributed by atoms with E-state index in [0.29, 0.717) is 0 Å². The maximum absolute atomic E-state index is 2.63. The van der Waals surface area contributed by atoms with Crippen LogP contribution in [0.4, 0.5) is 0 Å². The lowest BCUT2D eigenvalue weighted by molar-refractivity contribution is 0.258. The van der Waals surface area contributed by atoms with Gasteiger partial charge < -0.3 is 0 Å². The maximum atomic E-state index is 2.63. The number of hydrogen-bond donors (Lipinski definition) is 0. The Hall–Kier alpha value is -0.300. The van der Waals surface area contributed by atoms with Crippen LogP contribution in [-0.4, -0.2) is 24.5 Å². The first kappa shape index (κ1) is 18.7. The van der Waals surface area contributed by atoms with Crippen LogP contribution in [0.3, 0.4) is 0 Å². The van der Waals surface area contributed by atoms with E-state index in [0.717, 1.165) is 5.92 Å². The van der Waals surface area contributed by atoms with Crippen LogP contribution in [0, 0.1) is 5.92 Å². The summed E-state index contributed by atoms with van der Waals surface area (Å²) in [6, 6.07) is 0. The van der Waals surface area contributed by atoms with Crippen LogP contribution in [0.1, 0.15) is 90.9 Å². The molecule has 1 atom stereocenters. The Morgan fingerprint density at radius 3 is 1.76 bits per heavy atom. The Morgan fingerprint density at radius 1 is 0.714 bits per heavy atom. The summed E-state index contributed by atoms with van der Waals surface area (Å²) in [5.41, 5.74) is 0. The Kier molecular flexibility index (Phi) is 11.9. The predicted octanol–water partition coefficient (Wildman–Crippen LogP) is 6.20. The van der Waals surface area contributed by atoms with Gasteiger partial charge in [-0.25, -0.2) is 0 Å². The Labute approximate surface area is 134 Å². The Bertz CT molecular complexity index is 238. The largest absolute Gasteiger partial charge is 0.296 e.